The minimum Gasteiger partial charge on any atom is -0.462 e. The van der Waals surface area contributed by atoms with Gasteiger partial charge in [0.1, 0.15) is 13.2 Å². The molecule has 0 fully saturated rings. The van der Waals surface area contributed by atoms with Gasteiger partial charge < -0.3 is 14.2 Å². The summed E-state index contributed by atoms with van der Waals surface area (Å²) in [6, 6.07) is 0. The monoisotopic (exact) mass is 727 g/mol. The second kappa shape index (κ2) is 40.9. The van der Waals surface area contributed by atoms with E-state index in [1.807, 2.05) is 6.08 Å². The molecule has 1 atom stereocenters. The summed E-state index contributed by atoms with van der Waals surface area (Å²) in [5.41, 5.74) is 0. The van der Waals surface area contributed by atoms with Crippen LogP contribution >= 0.6 is 0 Å². The normalized spacial score (nSPS) is 12.6. The van der Waals surface area contributed by atoms with E-state index in [0.29, 0.717) is 19.3 Å². The van der Waals surface area contributed by atoms with Gasteiger partial charge in [-0.05, 0) is 77.0 Å². The Bertz CT molecular complexity index is 975. The smallest absolute Gasteiger partial charge is 0.310 e. The molecule has 0 rings (SSSR count). The minimum atomic E-state index is -0.832. The van der Waals surface area contributed by atoms with E-state index in [9.17, 15) is 14.4 Å². The highest BCUT2D eigenvalue weighted by molar-refractivity contribution is 5.72. The first-order valence-electron chi connectivity index (χ1n) is 21.3. The van der Waals surface area contributed by atoms with Crippen molar-refractivity contribution in [3.63, 3.8) is 0 Å². The number of unbranched alkanes of at least 4 members (excludes halogenated alkanes) is 17. The first-order chi connectivity index (χ1) is 25.5. The zero-order chi connectivity index (χ0) is 38.0. The number of ether oxygens (including phenoxy) is 3. The van der Waals surface area contributed by atoms with Crippen molar-refractivity contribution >= 4 is 17.9 Å². The van der Waals surface area contributed by atoms with Gasteiger partial charge in [0.05, 0.1) is 6.42 Å². The second-order valence-corrected chi connectivity index (χ2v) is 13.9. The third-order valence-corrected chi connectivity index (χ3v) is 8.76. The van der Waals surface area contributed by atoms with Crippen molar-refractivity contribution in [1.29, 1.82) is 0 Å². The van der Waals surface area contributed by atoms with Crippen LogP contribution in [0.5, 0.6) is 0 Å². The molecule has 0 aromatic rings. The fourth-order valence-electron chi connectivity index (χ4n) is 5.56. The maximum Gasteiger partial charge on any atom is 0.310 e. The standard InChI is InChI=1S/C46H78O6/c1-4-7-10-13-16-19-20-21-22-23-24-25-28-30-33-36-39-45(48)51-42-43(52-46(49)40-37-34-31-27-18-15-12-9-6-3)41-50-44(47)38-35-32-29-26-17-14-11-8-5-2/h9,12,18,22-23,26-27,29,34,37,43H,4-8,10-11,13-17,19-21,24-25,28,30-33,35-36,38-42H2,1-3H3/b12-9-,23-22-,27-18-,29-26-,37-34-. The van der Waals surface area contributed by atoms with E-state index in [4.69, 9.17) is 14.2 Å². The molecular formula is C46H78O6. The molecule has 298 valence electrons. The lowest BCUT2D eigenvalue weighted by Gasteiger charge is -2.18. The third-order valence-electron chi connectivity index (χ3n) is 8.76. The van der Waals surface area contributed by atoms with E-state index in [1.165, 1.54) is 83.5 Å². The molecule has 52 heavy (non-hydrogen) atoms. The largest absolute Gasteiger partial charge is 0.462 e. The molecule has 0 saturated carbocycles. The van der Waals surface area contributed by atoms with Crippen LogP contribution in [0.3, 0.4) is 0 Å². The van der Waals surface area contributed by atoms with Crippen LogP contribution in [0, 0.1) is 0 Å². The van der Waals surface area contributed by atoms with Gasteiger partial charge in [0.2, 0.25) is 0 Å². The first-order valence-corrected chi connectivity index (χ1v) is 21.3. The van der Waals surface area contributed by atoms with E-state index in [0.717, 1.165) is 64.2 Å². The van der Waals surface area contributed by atoms with Crippen molar-refractivity contribution in [2.24, 2.45) is 0 Å². The molecule has 0 spiro atoms. The van der Waals surface area contributed by atoms with E-state index in [1.54, 1.807) is 6.08 Å². The molecular weight excluding hydrogens is 649 g/mol. The summed E-state index contributed by atoms with van der Waals surface area (Å²) >= 11 is 0. The summed E-state index contributed by atoms with van der Waals surface area (Å²) in [4.78, 5) is 37.4. The highest BCUT2D eigenvalue weighted by atomic mass is 16.6. The molecule has 0 N–H and O–H groups in total. The number of hydrogen-bond donors (Lipinski definition) is 0. The van der Waals surface area contributed by atoms with Crippen LogP contribution in [0.1, 0.15) is 194 Å². The average Bonchev–Trinajstić information content (AvgIpc) is 3.14. The molecule has 0 bridgehead atoms. The number of carbonyl (C=O) groups is 3. The third kappa shape index (κ3) is 38.3. The van der Waals surface area contributed by atoms with E-state index >= 15 is 0 Å². The fraction of sp³-hybridized carbons (Fsp3) is 0.717. The lowest BCUT2D eigenvalue weighted by molar-refractivity contribution is -0.166. The van der Waals surface area contributed by atoms with Crippen LogP contribution in [-0.2, 0) is 28.6 Å². The zero-order valence-corrected chi connectivity index (χ0v) is 33.8. The molecule has 6 heteroatoms. The van der Waals surface area contributed by atoms with Crippen molar-refractivity contribution in [1.82, 2.24) is 0 Å². The van der Waals surface area contributed by atoms with Gasteiger partial charge >= 0.3 is 17.9 Å². The highest BCUT2D eigenvalue weighted by Gasteiger charge is 2.19. The predicted octanol–water partition coefficient (Wildman–Crippen LogP) is 13.4. The average molecular weight is 727 g/mol. The molecule has 0 aliphatic rings. The molecule has 0 saturated heterocycles. The molecule has 0 amide bonds. The van der Waals surface area contributed by atoms with Crippen LogP contribution < -0.4 is 0 Å². The van der Waals surface area contributed by atoms with Crippen molar-refractivity contribution < 1.29 is 28.6 Å². The molecule has 1 unspecified atom stereocenters. The quantitative estimate of drug-likeness (QED) is 0.0274. The zero-order valence-electron chi connectivity index (χ0n) is 33.8. The van der Waals surface area contributed by atoms with Gasteiger partial charge in [-0.25, -0.2) is 0 Å². The van der Waals surface area contributed by atoms with Gasteiger partial charge in [0.25, 0.3) is 0 Å². The molecule has 0 aliphatic carbocycles. The summed E-state index contributed by atoms with van der Waals surface area (Å²) in [5.74, 6) is -1.10. The van der Waals surface area contributed by atoms with Crippen molar-refractivity contribution in [2.45, 2.75) is 200 Å². The first kappa shape index (κ1) is 49.1. The molecule has 0 aliphatic heterocycles. The molecule has 0 radical (unpaired) electrons. The van der Waals surface area contributed by atoms with E-state index in [-0.39, 0.29) is 31.6 Å². The SMILES string of the molecule is CC/C=C\C/C=C\C/C=C\CC(=O)OC(COC(=O)CCC/C=C\CCCCCC)COC(=O)CCCCCCC/C=C\CCCCCCCCC. The van der Waals surface area contributed by atoms with E-state index < -0.39 is 12.1 Å². The van der Waals surface area contributed by atoms with Gasteiger partial charge in [-0.1, -0.05) is 159 Å². The Morgan fingerprint density at radius 1 is 0.423 bits per heavy atom. The van der Waals surface area contributed by atoms with Gasteiger partial charge in [-0.15, -0.1) is 0 Å². The summed E-state index contributed by atoms with van der Waals surface area (Å²) < 4.78 is 16.5. The summed E-state index contributed by atoms with van der Waals surface area (Å²) in [6.45, 7) is 6.33. The minimum absolute atomic E-state index is 0.0989. The number of allylic oxidation sites excluding steroid dienone is 9. The van der Waals surface area contributed by atoms with Crippen LogP contribution in [0.4, 0.5) is 0 Å². The van der Waals surface area contributed by atoms with Crippen molar-refractivity contribution in [2.75, 3.05) is 13.2 Å². The number of hydrogen-bond acceptors (Lipinski definition) is 6. The van der Waals surface area contributed by atoms with Gasteiger partial charge in [-0.2, -0.15) is 0 Å². The number of rotatable bonds is 37. The van der Waals surface area contributed by atoms with Gasteiger partial charge in [0.15, 0.2) is 6.10 Å². The topological polar surface area (TPSA) is 78.9 Å². The Hall–Kier alpha value is -2.89. The van der Waals surface area contributed by atoms with Crippen LogP contribution in [0.25, 0.3) is 0 Å². The summed E-state index contributed by atoms with van der Waals surface area (Å²) in [7, 11) is 0. The maximum atomic E-state index is 12.5. The Morgan fingerprint density at radius 2 is 0.827 bits per heavy atom. The lowest BCUT2D eigenvalue weighted by Crippen LogP contribution is -2.30. The predicted molar refractivity (Wildman–Crippen MR) is 219 cm³/mol. The fourth-order valence-corrected chi connectivity index (χ4v) is 5.56. The van der Waals surface area contributed by atoms with Crippen molar-refractivity contribution in [3.05, 3.63) is 60.8 Å². The maximum absolute atomic E-state index is 12.5. The van der Waals surface area contributed by atoms with Crippen molar-refractivity contribution in [3.8, 4) is 0 Å². The van der Waals surface area contributed by atoms with Gasteiger partial charge in [-0.3, -0.25) is 14.4 Å². The van der Waals surface area contributed by atoms with Gasteiger partial charge in [0, 0.05) is 12.8 Å². The molecule has 0 heterocycles. The second-order valence-electron chi connectivity index (χ2n) is 13.9. The molecule has 0 aromatic carbocycles. The van der Waals surface area contributed by atoms with Crippen LogP contribution in [0.15, 0.2) is 60.8 Å². The summed E-state index contributed by atoms with van der Waals surface area (Å²) in [5, 5.41) is 0. The Kier molecular flexibility index (Phi) is 38.6. The molecule has 6 nitrogen and oxygen atoms in total. The van der Waals surface area contributed by atoms with Crippen LogP contribution in [-0.4, -0.2) is 37.2 Å². The summed E-state index contributed by atoms with van der Waals surface area (Å²) in [6.07, 6.45) is 48.2. The molecule has 0 aromatic heterocycles. The number of carbonyl (C=O) groups excluding carboxylic acids is 3. The Morgan fingerprint density at radius 3 is 1.35 bits per heavy atom. The Labute approximate surface area is 320 Å². The number of esters is 3. The highest BCUT2D eigenvalue weighted by Crippen LogP contribution is 2.12. The lowest BCUT2D eigenvalue weighted by atomic mass is 10.1. The van der Waals surface area contributed by atoms with Crippen LogP contribution in [0.2, 0.25) is 0 Å². The van der Waals surface area contributed by atoms with E-state index in [2.05, 4.69) is 69.4 Å². The Balaban J connectivity index is 4.41.